The van der Waals surface area contributed by atoms with Crippen LogP contribution < -0.4 is 14.8 Å². The van der Waals surface area contributed by atoms with Crippen molar-refractivity contribution in [3.05, 3.63) is 81.5 Å². The predicted octanol–water partition coefficient (Wildman–Crippen LogP) is 4.01. The van der Waals surface area contributed by atoms with E-state index < -0.39 is 12.0 Å². The fourth-order valence-corrected chi connectivity index (χ4v) is 5.27. The number of benzene rings is 2. The Morgan fingerprint density at radius 2 is 1.88 bits per heavy atom. The summed E-state index contributed by atoms with van der Waals surface area (Å²) < 4.78 is 16.1. The maximum absolute atomic E-state index is 13.8. The number of hydrogen-bond acceptors (Lipinski definition) is 6. The molecule has 1 N–H and O–H groups in total. The molecule has 0 fully saturated rings. The van der Waals surface area contributed by atoms with Gasteiger partial charge in [0.2, 0.25) is 5.91 Å². The Morgan fingerprint density at radius 1 is 1.06 bits per heavy atom. The van der Waals surface area contributed by atoms with E-state index in [2.05, 4.69) is 5.32 Å². The number of rotatable bonds is 9. The maximum Gasteiger partial charge on any atom is 0.254 e. The van der Waals surface area contributed by atoms with Crippen molar-refractivity contribution >= 4 is 23.2 Å². The van der Waals surface area contributed by atoms with E-state index in [1.807, 2.05) is 53.9 Å². The van der Waals surface area contributed by atoms with Crippen molar-refractivity contribution in [3.8, 4) is 11.5 Å². The Hall–Kier alpha value is -3.36. The average molecular weight is 481 g/mol. The smallest absolute Gasteiger partial charge is 0.254 e. The summed E-state index contributed by atoms with van der Waals surface area (Å²) in [6.07, 6.45) is 0. The minimum atomic E-state index is -0.569. The predicted molar refractivity (Wildman–Crippen MR) is 131 cm³/mol. The van der Waals surface area contributed by atoms with Crippen LogP contribution in [-0.4, -0.2) is 51.2 Å². The number of hydrogen-bond donors (Lipinski definition) is 1. The van der Waals surface area contributed by atoms with Crippen molar-refractivity contribution in [2.45, 2.75) is 18.5 Å². The van der Waals surface area contributed by atoms with E-state index in [-0.39, 0.29) is 18.4 Å². The Morgan fingerprint density at radius 3 is 2.59 bits per heavy atom. The Labute approximate surface area is 203 Å². The molecular weight excluding hydrogens is 452 g/mol. The molecule has 178 valence electrons. The monoisotopic (exact) mass is 480 g/mol. The van der Waals surface area contributed by atoms with Crippen molar-refractivity contribution < 1.29 is 23.8 Å². The molecule has 0 saturated heterocycles. The first kappa shape index (κ1) is 23.8. The van der Waals surface area contributed by atoms with E-state index in [4.69, 9.17) is 14.2 Å². The highest BCUT2D eigenvalue weighted by atomic mass is 32.1. The lowest BCUT2D eigenvalue weighted by molar-refractivity contribution is -0.124. The van der Waals surface area contributed by atoms with Crippen LogP contribution in [0.25, 0.3) is 0 Å². The van der Waals surface area contributed by atoms with Gasteiger partial charge in [0, 0.05) is 36.2 Å². The third kappa shape index (κ3) is 4.64. The van der Waals surface area contributed by atoms with Gasteiger partial charge in [-0.3, -0.25) is 9.59 Å². The minimum Gasteiger partial charge on any atom is -0.497 e. The van der Waals surface area contributed by atoms with Gasteiger partial charge in [-0.15, -0.1) is 11.3 Å². The molecular formula is C26H28N2O5S. The quantitative estimate of drug-likeness (QED) is 0.501. The summed E-state index contributed by atoms with van der Waals surface area (Å²) >= 11 is 1.54. The van der Waals surface area contributed by atoms with Crippen LogP contribution in [0.4, 0.5) is 0 Å². The molecule has 0 unspecified atom stereocenters. The highest BCUT2D eigenvalue weighted by Crippen LogP contribution is 2.44. The number of fused-ring (bicyclic) bond motifs is 1. The number of carbonyl (C=O) groups excluding carboxylic acids is 2. The highest BCUT2D eigenvalue weighted by molar-refractivity contribution is 7.10. The third-order valence-corrected chi connectivity index (χ3v) is 6.98. The molecule has 34 heavy (non-hydrogen) atoms. The fourth-order valence-electron chi connectivity index (χ4n) is 4.40. The second-order valence-electron chi connectivity index (χ2n) is 7.91. The third-order valence-electron chi connectivity index (χ3n) is 6.03. The molecule has 7 nitrogen and oxygen atoms in total. The molecule has 2 amide bonds. The molecule has 1 aliphatic rings. The number of nitrogens with zero attached hydrogens (tertiary/aromatic N) is 1. The lowest BCUT2D eigenvalue weighted by atomic mass is 9.81. The number of ether oxygens (including phenoxy) is 3. The minimum absolute atomic E-state index is 0.0930. The van der Waals surface area contributed by atoms with Crippen LogP contribution in [0.5, 0.6) is 11.5 Å². The number of amides is 2. The van der Waals surface area contributed by atoms with Gasteiger partial charge in [0.15, 0.2) is 0 Å². The zero-order chi connectivity index (χ0) is 24.1. The van der Waals surface area contributed by atoms with Crippen LogP contribution >= 0.6 is 11.3 Å². The molecule has 0 radical (unpaired) electrons. The van der Waals surface area contributed by atoms with Gasteiger partial charge in [0.25, 0.3) is 5.91 Å². The molecule has 2 heterocycles. The van der Waals surface area contributed by atoms with Crippen LogP contribution in [0.2, 0.25) is 0 Å². The second kappa shape index (κ2) is 10.7. The molecule has 0 saturated carbocycles. The Kier molecular flexibility index (Phi) is 7.49. The van der Waals surface area contributed by atoms with Crippen molar-refractivity contribution in [2.24, 2.45) is 0 Å². The summed E-state index contributed by atoms with van der Waals surface area (Å²) in [5, 5.41) is 5.04. The molecule has 0 aliphatic carbocycles. The summed E-state index contributed by atoms with van der Waals surface area (Å²) in [7, 11) is 4.80. The zero-order valence-corrected chi connectivity index (χ0v) is 20.3. The fraction of sp³-hybridized carbons (Fsp3) is 0.308. The van der Waals surface area contributed by atoms with Gasteiger partial charge in [-0.1, -0.05) is 24.3 Å². The summed E-state index contributed by atoms with van der Waals surface area (Å²) in [6, 6.07) is 16.3. The zero-order valence-electron chi connectivity index (χ0n) is 19.4. The number of carbonyl (C=O) groups is 2. The second-order valence-corrected chi connectivity index (χ2v) is 8.89. The van der Waals surface area contributed by atoms with Gasteiger partial charge in [-0.2, -0.15) is 0 Å². The normalized spacial score (nSPS) is 17.3. The van der Waals surface area contributed by atoms with E-state index in [0.29, 0.717) is 30.2 Å². The maximum atomic E-state index is 13.8. The molecule has 3 aromatic rings. The molecule has 0 spiro atoms. The van der Waals surface area contributed by atoms with E-state index in [1.54, 1.807) is 32.3 Å². The molecule has 2 aromatic carbocycles. The van der Waals surface area contributed by atoms with E-state index >= 15 is 0 Å². The lowest BCUT2D eigenvalue weighted by Gasteiger charge is -2.41. The average Bonchev–Trinajstić information content (AvgIpc) is 3.41. The first-order valence-electron chi connectivity index (χ1n) is 11.0. The highest BCUT2D eigenvalue weighted by Gasteiger charge is 2.44. The van der Waals surface area contributed by atoms with Crippen molar-refractivity contribution in [1.82, 2.24) is 10.2 Å². The molecule has 8 heteroatoms. The summed E-state index contributed by atoms with van der Waals surface area (Å²) in [4.78, 5) is 29.9. The van der Waals surface area contributed by atoms with Gasteiger partial charge in [-0.05, 0) is 41.3 Å². The first-order valence-corrected chi connectivity index (χ1v) is 11.9. The van der Waals surface area contributed by atoms with E-state index in [0.717, 1.165) is 16.0 Å². The standard InChI is InChI=1S/C26H28N2O5S/c1-31-13-12-28-24(22-9-6-14-34-22)23(19-7-4-5-8-20(19)26(28)30)25(29)27-16-17-15-18(32-2)10-11-21(17)33-3/h4-11,14-15,23-24H,12-13,16H2,1-3H3,(H,27,29)/t23-,24+/m1/s1. The number of methoxy groups -OCH3 is 3. The number of thiophene rings is 1. The van der Waals surface area contributed by atoms with Crippen LogP contribution in [0, 0.1) is 0 Å². The molecule has 1 aromatic heterocycles. The van der Waals surface area contributed by atoms with Gasteiger partial charge in [-0.25, -0.2) is 0 Å². The Balaban J connectivity index is 1.70. The summed E-state index contributed by atoms with van der Waals surface area (Å²) in [5.74, 6) is 0.522. The molecule has 4 rings (SSSR count). The Bertz CT molecular complexity index is 1150. The van der Waals surface area contributed by atoms with Crippen LogP contribution in [0.15, 0.2) is 60.0 Å². The largest absolute Gasteiger partial charge is 0.497 e. The molecule has 1 aliphatic heterocycles. The number of nitrogens with one attached hydrogen (secondary N) is 1. The summed E-state index contributed by atoms with van der Waals surface area (Å²) in [6.45, 7) is 1.03. The van der Waals surface area contributed by atoms with Gasteiger partial charge in [0.05, 0.1) is 32.8 Å². The van der Waals surface area contributed by atoms with Gasteiger partial charge < -0.3 is 24.4 Å². The van der Waals surface area contributed by atoms with Crippen LogP contribution in [-0.2, 0) is 16.1 Å². The molecule has 0 bridgehead atoms. The summed E-state index contributed by atoms with van der Waals surface area (Å²) in [5.41, 5.74) is 2.08. The van der Waals surface area contributed by atoms with Crippen LogP contribution in [0.1, 0.15) is 38.3 Å². The van der Waals surface area contributed by atoms with Gasteiger partial charge in [0.1, 0.15) is 11.5 Å². The SMILES string of the molecule is COCCN1C(=O)c2ccccc2[C@@H](C(=O)NCc2cc(OC)ccc2OC)[C@@H]1c1cccs1. The topological polar surface area (TPSA) is 77.1 Å². The van der Waals surface area contributed by atoms with E-state index in [1.165, 1.54) is 11.3 Å². The van der Waals surface area contributed by atoms with Crippen molar-refractivity contribution in [3.63, 3.8) is 0 Å². The van der Waals surface area contributed by atoms with Crippen molar-refractivity contribution in [1.29, 1.82) is 0 Å². The van der Waals surface area contributed by atoms with Gasteiger partial charge >= 0.3 is 0 Å². The first-order chi connectivity index (χ1) is 16.6. The van der Waals surface area contributed by atoms with Crippen LogP contribution in [0.3, 0.4) is 0 Å². The lowest BCUT2D eigenvalue weighted by Crippen LogP contribution is -2.48. The molecule has 2 atom stereocenters. The van der Waals surface area contributed by atoms with E-state index in [9.17, 15) is 9.59 Å². The van der Waals surface area contributed by atoms with Crippen molar-refractivity contribution in [2.75, 3.05) is 34.5 Å².